The molecular weight excluding hydrogens is 282 g/mol. The lowest BCUT2D eigenvalue weighted by Gasteiger charge is -2.10. The fourth-order valence-corrected chi connectivity index (χ4v) is 2.98. The number of hydrogen-bond acceptors (Lipinski definition) is 4. The fourth-order valence-electron chi connectivity index (χ4n) is 1.85. The molecule has 0 unspecified atom stereocenters. The van der Waals surface area contributed by atoms with E-state index in [-0.39, 0.29) is 0 Å². The predicted octanol–water partition coefficient (Wildman–Crippen LogP) is 4.43. The summed E-state index contributed by atoms with van der Waals surface area (Å²) < 4.78 is 10.5. The van der Waals surface area contributed by atoms with Crippen molar-refractivity contribution in [3.8, 4) is 22.1 Å². The number of halogens is 1. The Bertz CT molecular complexity index is 569. The second-order valence-electron chi connectivity index (χ2n) is 4.09. The van der Waals surface area contributed by atoms with Gasteiger partial charge < -0.3 is 9.47 Å². The van der Waals surface area contributed by atoms with Crippen LogP contribution < -0.4 is 9.47 Å². The number of aromatic nitrogens is 1. The number of hydrogen-bond donors (Lipinski definition) is 0. The molecule has 19 heavy (non-hydrogen) atoms. The third kappa shape index (κ3) is 3.01. The number of aryl methyl sites for hydroxylation is 1. The van der Waals surface area contributed by atoms with E-state index in [1.54, 1.807) is 25.6 Å². The van der Waals surface area contributed by atoms with Gasteiger partial charge in [-0.2, -0.15) is 0 Å². The molecule has 3 nitrogen and oxygen atoms in total. The van der Waals surface area contributed by atoms with E-state index in [0.717, 1.165) is 29.1 Å². The second kappa shape index (κ2) is 6.26. The largest absolute Gasteiger partial charge is 0.493 e. The van der Waals surface area contributed by atoms with E-state index in [4.69, 9.17) is 21.1 Å². The maximum atomic E-state index is 6.20. The van der Waals surface area contributed by atoms with E-state index in [9.17, 15) is 0 Å². The molecule has 102 valence electrons. The molecule has 0 aliphatic rings. The van der Waals surface area contributed by atoms with E-state index in [1.165, 1.54) is 0 Å². The van der Waals surface area contributed by atoms with Crippen LogP contribution in [0.3, 0.4) is 0 Å². The normalized spacial score (nSPS) is 10.5. The van der Waals surface area contributed by atoms with Crippen LogP contribution in [0, 0.1) is 0 Å². The highest BCUT2D eigenvalue weighted by molar-refractivity contribution is 7.13. The monoisotopic (exact) mass is 297 g/mol. The Morgan fingerprint density at radius 3 is 2.68 bits per heavy atom. The van der Waals surface area contributed by atoms with Crippen LogP contribution in [0.15, 0.2) is 17.5 Å². The van der Waals surface area contributed by atoms with E-state index in [2.05, 4.69) is 17.3 Å². The molecule has 1 aromatic heterocycles. The summed E-state index contributed by atoms with van der Waals surface area (Å²) in [6, 6.07) is 3.76. The maximum absolute atomic E-state index is 6.20. The topological polar surface area (TPSA) is 31.4 Å². The first-order valence-electron chi connectivity index (χ1n) is 6.05. The average Bonchev–Trinajstić information content (AvgIpc) is 2.86. The summed E-state index contributed by atoms with van der Waals surface area (Å²) in [4.78, 5) is 4.61. The Kier molecular flexibility index (Phi) is 4.66. The van der Waals surface area contributed by atoms with E-state index < -0.39 is 0 Å². The molecule has 0 aliphatic carbocycles. The molecule has 0 amide bonds. The molecular formula is C14H16ClNO2S. The molecule has 0 atom stereocenters. The van der Waals surface area contributed by atoms with Crippen molar-refractivity contribution in [2.45, 2.75) is 19.8 Å². The van der Waals surface area contributed by atoms with E-state index >= 15 is 0 Å². The minimum atomic E-state index is 0.532. The third-order valence-corrected chi connectivity index (χ3v) is 3.96. The zero-order valence-electron chi connectivity index (χ0n) is 11.2. The van der Waals surface area contributed by atoms with Crippen LogP contribution in [0.4, 0.5) is 0 Å². The SMILES string of the molecule is CCCc1csc(-c2cc(Cl)c(OC)c(OC)c2)n1. The van der Waals surface area contributed by atoms with Crippen LogP contribution in [-0.4, -0.2) is 19.2 Å². The minimum absolute atomic E-state index is 0.532. The smallest absolute Gasteiger partial charge is 0.179 e. The van der Waals surface area contributed by atoms with Gasteiger partial charge in [0.25, 0.3) is 0 Å². The zero-order chi connectivity index (χ0) is 13.8. The number of benzene rings is 1. The summed E-state index contributed by atoms with van der Waals surface area (Å²) in [6.07, 6.45) is 2.09. The Morgan fingerprint density at radius 2 is 2.05 bits per heavy atom. The molecule has 0 bridgehead atoms. The Balaban J connectivity index is 2.41. The number of ether oxygens (including phenoxy) is 2. The van der Waals surface area contributed by atoms with Crippen molar-refractivity contribution in [2.75, 3.05) is 14.2 Å². The molecule has 1 heterocycles. The lowest BCUT2D eigenvalue weighted by Crippen LogP contribution is -1.92. The molecule has 2 rings (SSSR count). The first kappa shape index (κ1) is 14.2. The van der Waals surface area contributed by atoms with Crippen LogP contribution >= 0.6 is 22.9 Å². The van der Waals surface area contributed by atoms with Gasteiger partial charge in [-0.1, -0.05) is 24.9 Å². The summed E-state index contributed by atoms with van der Waals surface area (Å²) in [5.41, 5.74) is 2.07. The van der Waals surface area contributed by atoms with E-state index in [0.29, 0.717) is 16.5 Å². The van der Waals surface area contributed by atoms with Gasteiger partial charge in [-0.15, -0.1) is 11.3 Å². The first-order valence-corrected chi connectivity index (χ1v) is 7.31. The van der Waals surface area contributed by atoms with Gasteiger partial charge in [0.15, 0.2) is 11.5 Å². The summed E-state index contributed by atoms with van der Waals surface area (Å²) >= 11 is 7.82. The van der Waals surface area contributed by atoms with Gasteiger partial charge in [-0.25, -0.2) is 4.98 Å². The highest BCUT2D eigenvalue weighted by atomic mass is 35.5. The summed E-state index contributed by atoms with van der Waals surface area (Å²) in [5, 5.41) is 3.57. The number of nitrogens with zero attached hydrogens (tertiary/aromatic N) is 1. The summed E-state index contributed by atoms with van der Waals surface area (Å²) in [7, 11) is 3.18. The van der Waals surface area contributed by atoms with Crippen molar-refractivity contribution in [3.63, 3.8) is 0 Å². The van der Waals surface area contributed by atoms with Gasteiger partial charge in [0.2, 0.25) is 0 Å². The fraction of sp³-hybridized carbons (Fsp3) is 0.357. The van der Waals surface area contributed by atoms with Gasteiger partial charge in [0, 0.05) is 10.9 Å². The minimum Gasteiger partial charge on any atom is -0.493 e. The molecule has 0 saturated heterocycles. The maximum Gasteiger partial charge on any atom is 0.179 e. The Hall–Kier alpha value is -1.26. The van der Waals surface area contributed by atoms with Gasteiger partial charge in [0.1, 0.15) is 5.01 Å². The van der Waals surface area contributed by atoms with Crippen molar-refractivity contribution in [3.05, 3.63) is 28.2 Å². The lowest BCUT2D eigenvalue weighted by atomic mass is 10.2. The first-order chi connectivity index (χ1) is 9.19. The Labute approximate surface area is 122 Å². The number of rotatable bonds is 5. The van der Waals surface area contributed by atoms with Gasteiger partial charge in [-0.05, 0) is 18.6 Å². The molecule has 0 N–H and O–H groups in total. The molecule has 0 spiro atoms. The lowest BCUT2D eigenvalue weighted by molar-refractivity contribution is 0.355. The van der Waals surface area contributed by atoms with Crippen LogP contribution in [0.25, 0.3) is 10.6 Å². The highest BCUT2D eigenvalue weighted by Crippen LogP contribution is 2.39. The molecule has 0 radical (unpaired) electrons. The quantitative estimate of drug-likeness (QED) is 0.818. The number of thiazole rings is 1. The van der Waals surface area contributed by atoms with Crippen molar-refractivity contribution < 1.29 is 9.47 Å². The number of methoxy groups -OCH3 is 2. The standard InChI is InChI=1S/C14H16ClNO2S/c1-4-5-10-8-19-14(16-10)9-6-11(15)13(18-3)12(7-9)17-2/h6-8H,4-5H2,1-3H3. The second-order valence-corrected chi connectivity index (χ2v) is 5.35. The van der Waals surface area contributed by atoms with Gasteiger partial charge >= 0.3 is 0 Å². The van der Waals surface area contributed by atoms with Crippen LogP contribution in [-0.2, 0) is 6.42 Å². The van der Waals surface area contributed by atoms with Crippen molar-refractivity contribution in [2.24, 2.45) is 0 Å². The zero-order valence-corrected chi connectivity index (χ0v) is 12.8. The van der Waals surface area contributed by atoms with Crippen LogP contribution in [0.1, 0.15) is 19.0 Å². The van der Waals surface area contributed by atoms with Gasteiger partial charge in [-0.3, -0.25) is 0 Å². The van der Waals surface area contributed by atoms with Crippen molar-refractivity contribution in [1.29, 1.82) is 0 Å². The molecule has 0 aliphatic heterocycles. The highest BCUT2D eigenvalue weighted by Gasteiger charge is 2.13. The van der Waals surface area contributed by atoms with Crippen molar-refractivity contribution in [1.82, 2.24) is 4.98 Å². The molecule has 1 aromatic carbocycles. The average molecular weight is 298 g/mol. The molecule has 5 heteroatoms. The molecule has 0 saturated carbocycles. The summed E-state index contributed by atoms with van der Waals surface area (Å²) in [5.74, 6) is 1.18. The Morgan fingerprint density at radius 1 is 1.26 bits per heavy atom. The van der Waals surface area contributed by atoms with Crippen LogP contribution in [0.5, 0.6) is 11.5 Å². The molecule has 2 aromatic rings. The van der Waals surface area contributed by atoms with Gasteiger partial charge in [0.05, 0.1) is 24.9 Å². The molecule has 0 fully saturated rings. The summed E-state index contributed by atoms with van der Waals surface area (Å²) in [6.45, 7) is 2.15. The van der Waals surface area contributed by atoms with E-state index in [1.807, 2.05) is 12.1 Å². The predicted molar refractivity (Wildman–Crippen MR) is 79.7 cm³/mol. The van der Waals surface area contributed by atoms with Crippen molar-refractivity contribution >= 4 is 22.9 Å². The van der Waals surface area contributed by atoms with Crippen LogP contribution in [0.2, 0.25) is 5.02 Å². The third-order valence-electron chi connectivity index (χ3n) is 2.74.